The second kappa shape index (κ2) is 4.13. The van der Waals surface area contributed by atoms with Gasteiger partial charge in [0.15, 0.2) is 0 Å². The van der Waals surface area contributed by atoms with Gasteiger partial charge in [0.05, 0.1) is 6.21 Å². The van der Waals surface area contributed by atoms with E-state index in [1.165, 1.54) is 5.56 Å². The van der Waals surface area contributed by atoms with Crippen LogP contribution in [0.25, 0.3) is 11.3 Å². The van der Waals surface area contributed by atoms with Gasteiger partial charge in [0.25, 0.3) is 0 Å². The maximum absolute atomic E-state index is 5.60. The van der Waals surface area contributed by atoms with E-state index < -0.39 is 0 Å². The number of aryl methyl sites for hydroxylation is 1. The molecule has 0 spiro atoms. The van der Waals surface area contributed by atoms with Crippen LogP contribution in [0.5, 0.6) is 0 Å². The number of hydrogen-bond donors (Lipinski definition) is 0. The van der Waals surface area contributed by atoms with Crippen molar-refractivity contribution in [3.8, 4) is 11.3 Å². The smallest absolute Gasteiger partial charge is 0.145 e. The van der Waals surface area contributed by atoms with Gasteiger partial charge in [0.1, 0.15) is 11.5 Å². The predicted molar refractivity (Wildman–Crippen MR) is 62.4 cm³/mol. The van der Waals surface area contributed by atoms with E-state index in [1.807, 2.05) is 12.1 Å². The van der Waals surface area contributed by atoms with Gasteiger partial charge >= 0.3 is 0 Å². The third kappa shape index (κ3) is 2.15. The molecule has 0 aliphatic carbocycles. The normalized spacial score (nSPS) is 11.1. The molecule has 0 saturated carbocycles. The van der Waals surface area contributed by atoms with Crippen LogP contribution in [0.2, 0.25) is 0 Å². The van der Waals surface area contributed by atoms with Gasteiger partial charge in [-0.25, -0.2) is 0 Å². The van der Waals surface area contributed by atoms with Crippen molar-refractivity contribution in [2.75, 3.05) is 7.05 Å². The fraction of sp³-hybridized carbons (Fsp3) is 0.154. The first kappa shape index (κ1) is 9.71. The third-order valence-electron chi connectivity index (χ3n) is 2.22. The van der Waals surface area contributed by atoms with Crippen LogP contribution >= 0.6 is 0 Å². The Morgan fingerprint density at radius 3 is 2.47 bits per heavy atom. The average molecular weight is 199 g/mol. The van der Waals surface area contributed by atoms with Crippen molar-refractivity contribution in [2.24, 2.45) is 4.99 Å². The number of nitrogens with zero attached hydrogens (tertiary/aromatic N) is 1. The van der Waals surface area contributed by atoms with E-state index in [-0.39, 0.29) is 0 Å². The quantitative estimate of drug-likeness (QED) is 0.681. The number of aliphatic imine (C=N–C) groups is 1. The lowest BCUT2D eigenvalue weighted by Crippen LogP contribution is -1.75. The number of benzene rings is 1. The largest absolute Gasteiger partial charge is 0.455 e. The van der Waals surface area contributed by atoms with Gasteiger partial charge in [0.2, 0.25) is 0 Å². The summed E-state index contributed by atoms with van der Waals surface area (Å²) >= 11 is 0. The molecule has 0 aliphatic rings. The Hall–Kier alpha value is -1.83. The molecule has 0 bridgehead atoms. The Morgan fingerprint density at radius 1 is 1.07 bits per heavy atom. The molecule has 0 aliphatic heterocycles. The highest BCUT2D eigenvalue weighted by Gasteiger charge is 2.02. The van der Waals surface area contributed by atoms with Crippen LogP contribution in [0.3, 0.4) is 0 Å². The standard InChI is InChI=1S/C13H13NO/c1-10-3-5-11(6-4-10)13-8-7-12(15-13)9-14-2/h3-9H,1-2H3. The van der Waals surface area contributed by atoms with Gasteiger partial charge < -0.3 is 4.42 Å². The summed E-state index contributed by atoms with van der Waals surface area (Å²) in [4.78, 5) is 3.91. The maximum atomic E-state index is 5.60. The van der Waals surface area contributed by atoms with E-state index in [4.69, 9.17) is 4.42 Å². The first-order valence-corrected chi connectivity index (χ1v) is 4.88. The Labute approximate surface area is 89.3 Å². The molecular weight excluding hydrogens is 186 g/mol. The molecule has 2 rings (SSSR count). The molecule has 2 heteroatoms. The molecule has 0 radical (unpaired) electrons. The van der Waals surface area contributed by atoms with Crippen molar-refractivity contribution in [1.82, 2.24) is 0 Å². The fourth-order valence-corrected chi connectivity index (χ4v) is 1.42. The lowest BCUT2D eigenvalue weighted by molar-refractivity contribution is 0.575. The van der Waals surface area contributed by atoms with Crippen LogP contribution in [0.15, 0.2) is 45.8 Å². The van der Waals surface area contributed by atoms with E-state index in [2.05, 4.69) is 36.2 Å². The number of hydrogen-bond acceptors (Lipinski definition) is 2. The van der Waals surface area contributed by atoms with Crippen LogP contribution in [0.1, 0.15) is 11.3 Å². The molecule has 1 heterocycles. The summed E-state index contributed by atoms with van der Waals surface area (Å²) < 4.78 is 5.60. The Morgan fingerprint density at radius 2 is 1.80 bits per heavy atom. The van der Waals surface area contributed by atoms with Crippen LogP contribution in [-0.4, -0.2) is 13.3 Å². The monoisotopic (exact) mass is 199 g/mol. The van der Waals surface area contributed by atoms with E-state index in [0.29, 0.717) is 0 Å². The van der Waals surface area contributed by atoms with Crippen LogP contribution in [-0.2, 0) is 0 Å². The molecule has 0 unspecified atom stereocenters. The summed E-state index contributed by atoms with van der Waals surface area (Å²) in [6.07, 6.45) is 1.71. The van der Waals surface area contributed by atoms with Crippen molar-refractivity contribution >= 4 is 6.21 Å². The Balaban J connectivity index is 2.33. The SMILES string of the molecule is CN=Cc1ccc(-c2ccc(C)cc2)o1. The zero-order valence-electron chi connectivity index (χ0n) is 8.90. The molecule has 0 N–H and O–H groups in total. The first-order valence-electron chi connectivity index (χ1n) is 4.88. The summed E-state index contributed by atoms with van der Waals surface area (Å²) in [7, 11) is 1.73. The maximum Gasteiger partial charge on any atom is 0.145 e. The summed E-state index contributed by atoms with van der Waals surface area (Å²) in [5.41, 5.74) is 2.34. The van der Waals surface area contributed by atoms with E-state index in [9.17, 15) is 0 Å². The minimum atomic E-state index is 0.785. The topological polar surface area (TPSA) is 25.5 Å². The Bertz CT molecular complexity index is 466. The first-order chi connectivity index (χ1) is 7.29. The molecule has 2 aromatic rings. The van der Waals surface area contributed by atoms with Crippen LogP contribution in [0.4, 0.5) is 0 Å². The number of furan rings is 1. The molecule has 0 amide bonds. The van der Waals surface area contributed by atoms with Gasteiger partial charge in [-0.2, -0.15) is 0 Å². The minimum Gasteiger partial charge on any atom is -0.455 e. The molecule has 76 valence electrons. The lowest BCUT2D eigenvalue weighted by atomic mass is 10.1. The van der Waals surface area contributed by atoms with Crippen LogP contribution in [0, 0.1) is 6.92 Å². The molecule has 1 aromatic heterocycles. The summed E-state index contributed by atoms with van der Waals surface area (Å²) in [5, 5.41) is 0. The summed E-state index contributed by atoms with van der Waals surface area (Å²) in [6, 6.07) is 12.1. The second-order valence-electron chi connectivity index (χ2n) is 3.46. The van der Waals surface area contributed by atoms with E-state index in [0.717, 1.165) is 17.1 Å². The van der Waals surface area contributed by atoms with Gasteiger partial charge in [-0.05, 0) is 19.1 Å². The lowest BCUT2D eigenvalue weighted by Gasteiger charge is -1.96. The van der Waals surface area contributed by atoms with Crippen molar-refractivity contribution in [2.45, 2.75) is 6.92 Å². The molecular formula is C13H13NO. The highest BCUT2D eigenvalue weighted by Crippen LogP contribution is 2.21. The third-order valence-corrected chi connectivity index (χ3v) is 2.22. The van der Waals surface area contributed by atoms with E-state index in [1.54, 1.807) is 13.3 Å². The van der Waals surface area contributed by atoms with Gasteiger partial charge in [-0.1, -0.05) is 29.8 Å². The zero-order chi connectivity index (χ0) is 10.7. The second-order valence-corrected chi connectivity index (χ2v) is 3.46. The summed E-state index contributed by atoms with van der Waals surface area (Å²) in [5.74, 6) is 1.66. The zero-order valence-corrected chi connectivity index (χ0v) is 8.90. The van der Waals surface area contributed by atoms with Gasteiger partial charge in [-0.3, -0.25) is 4.99 Å². The van der Waals surface area contributed by atoms with Gasteiger partial charge in [-0.15, -0.1) is 0 Å². The minimum absolute atomic E-state index is 0.785. The molecule has 0 saturated heterocycles. The average Bonchev–Trinajstić information content (AvgIpc) is 2.68. The van der Waals surface area contributed by atoms with E-state index >= 15 is 0 Å². The molecule has 15 heavy (non-hydrogen) atoms. The molecule has 2 nitrogen and oxygen atoms in total. The highest BCUT2D eigenvalue weighted by atomic mass is 16.3. The van der Waals surface area contributed by atoms with Crippen molar-refractivity contribution in [3.05, 3.63) is 47.7 Å². The highest BCUT2D eigenvalue weighted by molar-refractivity contribution is 5.77. The van der Waals surface area contributed by atoms with Crippen molar-refractivity contribution < 1.29 is 4.42 Å². The fourth-order valence-electron chi connectivity index (χ4n) is 1.42. The molecule has 1 aromatic carbocycles. The molecule has 0 fully saturated rings. The van der Waals surface area contributed by atoms with Crippen molar-refractivity contribution in [1.29, 1.82) is 0 Å². The summed E-state index contributed by atoms with van der Waals surface area (Å²) in [6.45, 7) is 2.07. The Kier molecular flexibility index (Phi) is 2.68. The van der Waals surface area contributed by atoms with Crippen molar-refractivity contribution in [3.63, 3.8) is 0 Å². The molecule has 0 atom stereocenters. The van der Waals surface area contributed by atoms with Crippen LogP contribution < -0.4 is 0 Å². The van der Waals surface area contributed by atoms with Gasteiger partial charge in [0, 0.05) is 12.6 Å². The predicted octanol–water partition coefficient (Wildman–Crippen LogP) is 3.30. The number of rotatable bonds is 2.